The number of Topliss-reactive ketones (excluding diaryl/α,β-unsaturated/α-hetero) is 1. The van der Waals surface area contributed by atoms with Gasteiger partial charge < -0.3 is 14.6 Å². The average Bonchev–Trinajstić information content (AvgIpc) is 2.94. The number of hydrogen-bond acceptors (Lipinski definition) is 6. The van der Waals surface area contributed by atoms with Crippen molar-refractivity contribution >= 4 is 23.4 Å². The minimum absolute atomic E-state index is 0.0857. The van der Waals surface area contributed by atoms with Crippen LogP contribution < -0.4 is 4.74 Å². The molecule has 1 fully saturated rings. The van der Waals surface area contributed by atoms with Gasteiger partial charge in [-0.1, -0.05) is 29.8 Å². The van der Waals surface area contributed by atoms with Crippen LogP contribution in [-0.2, 0) is 16.0 Å². The third-order valence-corrected chi connectivity index (χ3v) is 8.10. The number of alkyl halides is 2. The SMILES string of the molecule is CC1(O)CCC(CC(C(=O)Cc2ccc(C(=O)OC(C)(C)C)cc2)c2ccc(-c3c(OC(F)F)ccc(Cl)c3F)cn2)CC1. The Labute approximate surface area is 260 Å². The smallest absolute Gasteiger partial charge is 0.387 e. The van der Waals surface area contributed by atoms with Crippen molar-refractivity contribution in [2.45, 2.75) is 90.0 Å². The molecule has 4 rings (SSSR count). The molecule has 1 heterocycles. The maximum Gasteiger partial charge on any atom is 0.387 e. The van der Waals surface area contributed by atoms with Gasteiger partial charge in [-0.05, 0) is 102 Å². The third-order valence-electron chi connectivity index (χ3n) is 7.81. The Balaban J connectivity index is 1.59. The lowest BCUT2D eigenvalue weighted by atomic mass is 9.75. The van der Waals surface area contributed by atoms with E-state index in [9.17, 15) is 27.9 Å². The number of carbonyl (C=O) groups is 2. The highest BCUT2D eigenvalue weighted by Gasteiger charge is 2.33. The van der Waals surface area contributed by atoms with Crippen LogP contribution in [0, 0.1) is 11.7 Å². The first-order chi connectivity index (χ1) is 20.6. The summed E-state index contributed by atoms with van der Waals surface area (Å²) in [5.74, 6) is -2.28. The molecule has 1 aliphatic rings. The molecule has 3 aromatic rings. The summed E-state index contributed by atoms with van der Waals surface area (Å²) in [5.41, 5.74) is 0.101. The Morgan fingerprint density at radius 3 is 2.30 bits per heavy atom. The van der Waals surface area contributed by atoms with Crippen molar-refractivity contribution in [1.82, 2.24) is 4.98 Å². The molecule has 0 spiro atoms. The second kappa shape index (κ2) is 13.7. The van der Waals surface area contributed by atoms with E-state index in [1.54, 1.807) is 51.1 Å². The summed E-state index contributed by atoms with van der Waals surface area (Å²) in [4.78, 5) is 30.7. The fourth-order valence-electron chi connectivity index (χ4n) is 5.46. The number of benzene rings is 2. The van der Waals surface area contributed by atoms with Gasteiger partial charge in [0.05, 0.1) is 33.4 Å². The van der Waals surface area contributed by atoms with E-state index in [0.717, 1.165) is 18.9 Å². The van der Waals surface area contributed by atoms with Crippen molar-refractivity contribution in [3.05, 3.63) is 82.4 Å². The zero-order valence-corrected chi connectivity index (χ0v) is 26.0. The maximum absolute atomic E-state index is 15.0. The molecule has 236 valence electrons. The highest BCUT2D eigenvalue weighted by atomic mass is 35.5. The van der Waals surface area contributed by atoms with Crippen LogP contribution in [0.15, 0.2) is 54.7 Å². The zero-order chi connectivity index (χ0) is 32.2. The first-order valence-corrected chi connectivity index (χ1v) is 15.0. The molecule has 0 bridgehead atoms. The zero-order valence-electron chi connectivity index (χ0n) is 25.2. The Morgan fingerprint density at radius 2 is 1.73 bits per heavy atom. The lowest BCUT2D eigenvalue weighted by Crippen LogP contribution is -2.31. The highest BCUT2D eigenvalue weighted by molar-refractivity contribution is 6.31. The maximum atomic E-state index is 15.0. The Kier molecular flexibility index (Phi) is 10.4. The van der Waals surface area contributed by atoms with Gasteiger partial charge >= 0.3 is 12.6 Å². The van der Waals surface area contributed by atoms with Crippen LogP contribution >= 0.6 is 11.6 Å². The molecule has 6 nitrogen and oxygen atoms in total. The molecule has 10 heteroatoms. The molecular formula is C34H37ClF3NO5. The Morgan fingerprint density at radius 1 is 1.07 bits per heavy atom. The number of esters is 1. The number of aliphatic hydroxyl groups is 1. The van der Waals surface area contributed by atoms with Gasteiger partial charge in [-0.2, -0.15) is 8.78 Å². The highest BCUT2D eigenvalue weighted by Crippen LogP contribution is 2.40. The summed E-state index contributed by atoms with van der Waals surface area (Å²) in [5, 5.41) is 10.2. The standard InChI is InChI=1S/C34H37ClF3NO5/c1-33(2,3)44-31(41)22-7-5-20(6-8-22)18-27(40)24(17-21-13-15-34(4,42)16-14-21)26-11-9-23(19-39-26)29-28(43-32(37)38)12-10-25(35)30(29)36/h5-12,19,21,24,32,42H,13-18H2,1-4H3. The molecule has 0 aliphatic heterocycles. The fourth-order valence-corrected chi connectivity index (χ4v) is 5.62. The first kappa shape index (κ1) is 33.5. The molecule has 1 saturated carbocycles. The second-order valence-corrected chi connectivity index (χ2v) is 13.1. The van der Waals surface area contributed by atoms with Gasteiger partial charge in [-0.25, -0.2) is 9.18 Å². The normalized spacial score (nSPS) is 19.5. The van der Waals surface area contributed by atoms with Gasteiger partial charge in [-0.3, -0.25) is 9.78 Å². The van der Waals surface area contributed by atoms with Crippen LogP contribution in [-0.4, -0.2) is 39.7 Å². The van der Waals surface area contributed by atoms with Gasteiger partial charge in [0, 0.05) is 18.2 Å². The number of ketones is 1. The first-order valence-electron chi connectivity index (χ1n) is 14.6. The third kappa shape index (κ3) is 8.82. The Hall–Kier alpha value is -3.43. The summed E-state index contributed by atoms with van der Waals surface area (Å²) in [7, 11) is 0. The summed E-state index contributed by atoms with van der Waals surface area (Å²) in [6.45, 7) is 4.00. The quantitative estimate of drug-likeness (QED) is 0.227. The number of rotatable bonds is 10. The summed E-state index contributed by atoms with van der Waals surface area (Å²) >= 11 is 5.93. The minimum Gasteiger partial charge on any atom is -0.456 e. The largest absolute Gasteiger partial charge is 0.456 e. The van der Waals surface area contributed by atoms with Crippen molar-refractivity contribution < 1.29 is 37.3 Å². The molecule has 2 aromatic carbocycles. The summed E-state index contributed by atoms with van der Waals surface area (Å²) < 4.78 is 50.9. The molecule has 0 amide bonds. The van der Waals surface area contributed by atoms with Crippen LogP contribution in [0.3, 0.4) is 0 Å². The Bertz CT molecular complexity index is 1460. The lowest BCUT2D eigenvalue weighted by molar-refractivity contribution is -0.120. The number of pyridine rings is 1. The van der Waals surface area contributed by atoms with E-state index in [2.05, 4.69) is 9.72 Å². The van der Waals surface area contributed by atoms with Crippen LogP contribution in [0.1, 0.15) is 87.3 Å². The van der Waals surface area contributed by atoms with E-state index in [4.69, 9.17) is 16.3 Å². The van der Waals surface area contributed by atoms with Gasteiger partial charge in [0.1, 0.15) is 17.1 Å². The summed E-state index contributed by atoms with van der Waals surface area (Å²) in [6.07, 6.45) is 4.66. The van der Waals surface area contributed by atoms with Crippen LogP contribution in [0.4, 0.5) is 13.2 Å². The minimum atomic E-state index is -3.17. The molecular weight excluding hydrogens is 595 g/mol. The second-order valence-electron chi connectivity index (χ2n) is 12.7. The number of hydrogen-bond donors (Lipinski definition) is 1. The molecule has 0 saturated heterocycles. The van der Waals surface area contributed by atoms with Crippen LogP contribution in [0.5, 0.6) is 5.75 Å². The average molecular weight is 632 g/mol. The van der Waals surface area contributed by atoms with Gasteiger partial charge in [0.15, 0.2) is 5.82 Å². The molecule has 1 aromatic heterocycles. The van der Waals surface area contributed by atoms with E-state index in [1.165, 1.54) is 18.3 Å². The summed E-state index contributed by atoms with van der Waals surface area (Å²) in [6, 6.07) is 12.1. The molecule has 0 radical (unpaired) electrons. The molecule has 1 N–H and O–H groups in total. The number of nitrogens with zero attached hydrogens (tertiary/aromatic N) is 1. The van der Waals surface area contributed by atoms with Crippen molar-refractivity contribution in [3.63, 3.8) is 0 Å². The molecule has 1 aliphatic carbocycles. The predicted molar refractivity (Wildman–Crippen MR) is 162 cm³/mol. The predicted octanol–water partition coefficient (Wildman–Crippen LogP) is 8.32. The van der Waals surface area contributed by atoms with Crippen LogP contribution in [0.25, 0.3) is 11.1 Å². The molecule has 1 unspecified atom stereocenters. The lowest BCUT2D eigenvalue weighted by Gasteiger charge is -2.34. The van der Waals surface area contributed by atoms with Crippen molar-refractivity contribution in [3.8, 4) is 16.9 Å². The van der Waals surface area contributed by atoms with E-state index in [-0.39, 0.29) is 40.0 Å². The van der Waals surface area contributed by atoms with Crippen molar-refractivity contribution in [2.75, 3.05) is 0 Å². The molecule has 44 heavy (non-hydrogen) atoms. The van der Waals surface area contributed by atoms with E-state index >= 15 is 0 Å². The number of carbonyl (C=O) groups excluding carboxylic acids is 2. The number of aromatic nitrogens is 1. The monoisotopic (exact) mass is 631 g/mol. The van der Waals surface area contributed by atoms with Crippen LogP contribution in [0.2, 0.25) is 5.02 Å². The van der Waals surface area contributed by atoms with E-state index < -0.39 is 35.5 Å². The van der Waals surface area contributed by atoms with Gasteiger partial charge in [-0.15, -0.1) is 0 Å². The number of ether oxygens (including phenoxy) is 2. The van der Waals surface area contributed by atoms with E-state index in [0.29, 0.717) is 36.1 Å². The topological polar surface area (TPSA) is 85.7 Å². The van der Waals surface area contributed by atoms with Crippen molar-refractivity contribution in [2.24, 2.45) is 5.92 Å². The number of halogens is 4. The van der Waals surface area contributed by atoms with Crippen molar-refractivity contribution in [1.29, 1.82) is 0 Å². The van der Waals surface area contributed by atoms with E-state index in [1.807, 2.05) is 6.92 Å². The van der Waals surface area contributed by atoms with Gasteiger partial charge in [0.2, 0.25) is 0 Å². The molecule has 1 atom stereocenters. The fraction of sp³-hybridized carbons (Fsp3) is 0.441. The van der Waals surface area contributed by atoms with Gasteiger partial charge in [0.25, 0.3) is 0 Å².